The van der Waals surface area contributed by atoms with E-state index < -0.39 is 0 Å². The molecule has 19 heavy (non-hydrogen) atoms. The van der Waals surface area contributed by atoms with Crippen LogP contribution in [-0.4, -0.2) is 17.3 Å². The number of Topliss-reactive ketones (excluding diaryl/α,β-unsaturated/α-hetero) is 1. The molecule has 0 aliphatic rings. The monoisotopic (exact) mass is 256 g/mol. The summed E-state index contributed by atoms with van der Waals surface area (Å²) in [7, 11) is 0. The second kappa shape index (κ2) is 7.00. The maximum Gasteiger partial charge on any atom is 0.137 e. The van der Waals surface area contributed by atoms with Crippen LogP contribution in [0.2, 0.25) is 0 Å². The highest BCUT2D eigenvalue weighted by Gasteiger charge is 2.07. The number of hydrogen-bond donors (Lipinski definition) is 1. The van der Waals surface area contributed by atoms with Gasteiger partial charge in [-0.25, -0.2) is 0 Å². The summed E-state index contributed by atoms with van der Waals surface area (Å²) < 4.78 is 0. The Morgan fingerprint density at radius 3 is 2.79 bits per heavy atom. The number of hydrogen-bond acceptors (Lipinski definition) is 3. The molecule has 1 heterocycles. The summed E-state index contributed by atoms with van der Waals surface area (Å²) in [5.41, 5.74) is 7.47. The van der Waals surface area contributed by atoms with Gasteiger partial charge in [-0.15, -0.1) is 0 Å². The number of rotatable bonds is 7. The Balaban J connectivity index is 1.99. The molecule has 0 amide bonds. The molecule has 0 unspecified atom stereocenters. The molecule has 0 spiro atoms. The molecule has 1 aromatic carbocycles. The maximum atomic E-state index is 12.0. The molecule has 0 bridgehead atoms. The van der Waals surface area contributed by atoms with Gasteiger partial charge >= 0.3 is 0 Å². The van der Waals surface area contributed by atoms with E-state index in [0.717, 1.165) is 35.7 Å². The lowest BCUT2D eigenvalue weighted by atomic mass is 10.0. The Kier molecular flexibility index (Phi) is 5.04. The third kappa shape index (κ3) is 3.86. The van der Waals surface area contributed by atoms with Crippen LogP contribution in [0.15, 0.2) is 36.5 Å². The van der Waals surface area contributed by atoms with Gasteiger partial charge in [0.25, 0.3) is 0 Å². The minimum atomic E-state index is 0.299. The van der Waals surface area contributed by atoms with Crippen molar-refractivity contribution in [1.82, 2.24) is 4.98 Å². The number of unbranched alkanes of at least 4 members (excludes halogenated alkanes) is 2. The average Bonchev–Trinajstić information content (AvgIpc) is 2.44. The van der Waals surface area contributed by atoms with Crippen LogP contribution in [-0.2, 0) is 11.2 Å². The van der Waals surface area contributed by atoms with Crippen molar-refractivity contribution in [2.45, 2.75) is 32.1 Å². The standard InChI is InChI=1S/C16H20N2O/c17-10-5-1-2-6-14(19)12-13-9-11-18-16-8-4-3-7-15(13)16/h3-4,7-9,11H,1-2,5-6,10,12,17H2. The van der Waals surface area contributed by atoms with Crippen LogP contribution < -0.4 is 5.73 Å². The third-order valence-corrected chi connectivity index (χ3v) is 3.29. The molecule has 0 aliphatic heterocycles. The van der Waals surface area contributed by atoms with Gasteiger partial charge in [-0.3, -0.25) is 9.78 Å². The Bertz CT molecular complexity index is 546. The summed E-state index contributed by atoms with van der Waals surface area (Å²) in [5.74, 6) is 0.299. The zero-order valence-corrected chi connectivity index (χ0v) is 11.1. The van der Waals surface area contributed by atoms with Crippen LogP contribution in [0.4, 0.5) is 0 Å². The first-order valence-electron chi connectivity index (χ1n) is 6.85. The second-order valence-corrected chi connectivity index (χ2v) is 4.80. The Hall–Kier alpha value is -1.74. The minimum absolute atomic E-state index is 0.299. The lowest BCUT2D eigenvalue weighted by Gasteiger charge is -2.05. The predicted molar refractivity (Wildman–Crippen MR) is 78.0 cm³/mol. The molecule has 0 saturated carbocycles. The first kappa shape index (κ1) is 13.7. The zero-order valence-electron chi connectivity index (χ0n) is 11.1. The lowest BCUT2D eigenvalue weighted by Crippen LogP contribution is -2.04. The summed E-state index contributed by atoms with van der Waals surface area (Å²) >= 11 is 0. The van der Waals surface area contributed by atoms with Crippen molar-refractivity contribution in [3.63, 3.8) is 0 Å². The number of para-hydroxylation sites is 1. The van der Waals surface area contributed by atoms with Crippen LogP contribution >= 0.6 is 0 Å². The van der Waals surface area contributed by atoms with Gasteiger partial charge < -0.3 is 5.73 Å². The van der Waals surface area contributed by atoms with Gasteiger partial charge in [0.05, 0.1) is 5.52 Å². The number of carbonyl (C=O) groups is 1. The van der Waals surface area contributed by atoms with E-state index in [4.69, 9.17) is 5.73 Å². The fraction of sp³-hybridized carbons (Fsp3) is 0.375. The molecule has 0 atom stereocenters. The smallest absolute Gasteiger partial charge is 0.137 e. The number of pyridine rings is 1. The molecule has 1 aromatic heterocycles. The van der Waals surface area contributed by atoms with Crippen molar-refractivity contribution < 1.29 is 4.79 Å². The topological polar surface area (TPSA) is 56.0 Å². The summed E-state index contributed by atoms with van der Waals surface area (Å²) in [4.78, 5) is 16.3. The number of carbonyl (C=O) groups excluding carboxylic acids is 1. The molecule has 0 fully saturated rings. The van der Waals surface area contributed by atoms with Crippen molar-refractivity contribution >= 4 is 16.7 Å². The second-order valence-electron chi connectivity index (χ2n) is 4.80. The van der Waals surface area contributed by atoms with E-state index in [0.29, 0.717) is 25.2 Å². The van der Waals surface area contributed by atoms with E-state index in [1.807, 2.05) is 30.3 Å². The normalized spacial score (nSPS) is 10.8. The quantitative estimate of drug-likeness (QED) is 0.775. The van der Waals surface area contributed by atoms with Crippen molar-refractivity contribution in [1.29, 1.82) is 0 Å². The number of benzene rings is 1. The number of ketones is 1. The average molecular weight is 256 g/mol. The highest BCUT2D eigenvalue weighted by Crippen LogP contribution is 2.17. The van der Waals surface area contributed by atoms with Gasteiger partial charge in [0.1, 0.15) is 5.78 Å². The Labute approximate surface area is 113 Å². The molecule has 0 radical (unpaired) electrons. The van der Waals surface area contributed by atoms with Gasteiger partial charge in [0.15, 0.2) is 0 Å². The van der Waals surface area contributed by atoms with Gasteiger partial charge in [-0.2, -0.15) is 0 Å². The minimum Gasteiger partial charge on any atom is -0.330 e. The molecular formula is C16H20N2O. The highest BCUT2D eigenvalue weighted by molar-refractivity contribution is 5.88. The number of fused-ring (bicyclic) bond motifs is 1. The summed E-state index contributed by atoms with van der Waals surface area (Å²) in [6.45, 7) is 0.711. The van der Waals surface area contributed by atoms with Crippen LogP contribution in [0.3, 0.4) is 0 Å². The van der Waals surface area contributed by atoms with E-state index in [1.54, 1.807) is 6.20 Å². The fourth-order valence-electron chi connectivity index (χ4n) is 2.25. The Morgan fingerprint density at radius 2 is 1.95 bits per heavy atom. The van der Waals surface area contributed by atoms with E-state index in [1.165, 1.54) is 0 Å². The maximum absolute atomic E-state index is 12.0. The van der Waals surface area contributed by atoms with Crippen molar-refractivity contribution in [2.24, 2.45) is 5.73 Å². The summed E-state index contributed by atoms with van der Waals surface area (Å²) in [6.07, 6.45) is 5.92. The predicted octanol–water partition coefficient (Wildman–Crippen LogP) is 2.87. The van der Waals surface area contributed by atoms with Crippen molar-refractivity contribution in [3.05, 3.63) is 42.1 Å². The number of nitrogens with two attached hydrogens (primary N) is 1. The largest absolute Gasteiger partial charge is 0.330 e. The van der Waals surface area contributed by atoms with Gasteiger partial charge in [0, 0.05) is 24.4 Å². The van der Waals surface area contributed by atoms with Crippen molar-refractivity contribution in [3.8, 4) is 0 Å². The number of aromatic nitrogens is 1. The van der Waals surface area contributed by atoms with Crippen LogP contribution in [0.1, 0.15) is 31.2 Å². The number of nitrogens with zero attached hydrogens (tertiary/aromatic N) is 1. The van der Waals surface area contributed by atoms with Gasteiger partial charge in [0.2, 0.25) is 0 Å². The van der Waals surface area contributed by atoms with Crippen molar-refractivity contribution in [2.75, 3.05) is 6.54 Å². The van der Waals surface area contributed by atoms with E-state index in [2.05, 4.69) is 4.98 Å². The SMILES string of the molecule is NCCCCCC(=O)Cc1ccnc2ccccc12. The molecule has 3 nitrogen and oxygen atoms in total. The molecule has 3 heteroatoms. The molecule has 2 N–H and O–H groups in total. The van der Waals surface area contributed by atoms with Crippen LogP contribution in [0, 0.1) is 0 Å². The molecule has 0 saturated heterocycles. The molecular weight excluding hydrogens is 236 g/mol. The molecule has 2 aromatic rings. The lowest BCUT2D eigenvalue weighted by molar-refractivity contribution is -0.118. The molecule has 2 rings (SSSR count). The first-order valence-corrected chi connectivity index (χ1v) is 6.85. The summed E-state index contributed by atoms with van der Waals surface area (Å²) in [6, 6.07) is 9.90. The zero-order chi connectivity index (χ0) is 13.5. The third-order valence-electron chi connectivity index (χ3n) is 3.29. The molecule has 100 valence electrons. The van der Waals surface area contributed by atoms with E-state index in [-0.39, 0.29) is 0 Å². The first-order chi connectivity index (χ1) is 9.31. The molecule has 0 aliphatic carbocycles. The van der Waals surface area contributed by atoms with E-state index >= 15 is 0 Å². The summed E-state index contributed by atoms with van der Waals surface area (Å²) in [5, 5.41) is 1.08. The van der Waals surface area contributed by atoms with Crippen LogP contribution in [0.5, 0.6) is 0 Å². The van der Waals surface area contributed by atoms with E-state index in [9.17, 15) is 4.79 Å². The van der Waals surface area contributed by atoms with Gasteiger partial charge in [-0.05, 0) is 37.1 Å². The fourth-order valence-corrected chi connectivity index (χ4v) is 2.25. The van der Waals surface area contributed by atoms with Gasteiger partial charge in [-0.1, -0.05) is 24.6 Å². The highest BCUT2D eigenvalue weighted by atomic mass is 16.1. The Morgan fingerprint density at radius 1 is 1.11 bits per heavy atom. The van der Waals surface area contributed by atoms with Crippen LogP contribution in [0.25, 0.3) is 10.9 Å².